The molecule has 4 rings (SSSR count). The third-order valence-corrected chi connectivity index (χ3v) is 7.23. The van der Waals surface area contributed by atoms with E-state index in [0.29, 0.717) is 47.8 Å². The molecule has 1 aliphatic rings. The van der Waals surface area contributed by atoms with Crippen LogP contribution in [0, 0.1) is 23.5 Å². The molecule has 0 radical (unpaired) electrons. The summed E-state index contributed by atoms with van der Waals surface area (Å²) in [6, 6.07) is 12.0. The molecule has 1 amide bonds. The highest BCUT2D eigenvalue weighted by atomic mass is 19.1. The number of hydrogen-bond donors (Lipinski definition) is 2. The quantitative estimate of drug-likeness (QED) is 0.373. The van der Waals surface area contributed by atoms with Crippen molar-refractivity contribution in [1.82, 2.24) is 15.3 Å². The monoisotopic (exact) mass is 533 g/mol. The lowest BCUT2D eigenvalue weighted by Crippen LogP contribution is -2.41. The summed E-state index contributed by atoms with van der Waals surface area (Å²) in [5.41, 5.74) is 2.89. The van der Waals surface area contributed by atoms with Crippen molar-refractivity contribution in [3.63, 3.8) is 0 Å². The maximum Gasteiger partial charge on any atom is 0.303 e. The van der Waals surface area contributed by atoms with Crippen LogP contribution in [0.1, 0.15) is 63.3 Å². The summed E-state index contributed by atoms with van der Waals surface area (Å²) in [5, 5.41) is 13.6. The van der Waals surface area contributed by atoms with Gasteiger partial charge in [0.2, 0.25) is 5.91 Å². The topological polar surface area (TPSA) is 92.2 Å². The molecule has 0 fully saturated rings. The molecule has 1 aromatic heterocycles. The molecule has 1 heterocycles. The number of aliphatic carboxylic acids is 1. The van der Waals surface area contributed by atoms with E-state index in [0.717, 1.165) is 17.5 Å². The summed E-state index contributed by atoms with van der Waals surface area (Å²) in [4.78, 5) is 34.2. The number of nitrogens with zero attached hydrogens (tertiary/aromatic N) is 2. The summed E-state index contributed by atoms with van der Waals surface area (Å²) in [5.74, 6) is -2.10. The van der Waals surface area contributed by atoms with Gasteiger partial charge in [-0.2, -0.15) is 0 Å². The van der Waals surface area contributed by atoms with Crippen LogP contribution in [-0.4, -0.2) is 27.0 Å². The third kappa shape index (κ3) is 7.13. The van der Waals surface area contributed by atoms with Gasteiger partial charge in [-0.3, -0.25) is 9.59 Å². The van der Waals surface area contributed by atoms with Gasteiger partial charge in [-0.15, -0.1) is 0 Å². The van der Waals surface area contributed by atoms with Crippen LogP contribution in [0.4, 0.5) is 8.78 Å². The molecule has 0 spiro atoms. The molecule has 39 heavy (non-hydrogen) atoms. The van der Waals surface area contributed by atoms with E-state index in [1.165, 1.54) is 24.3 Å². The average Bonchev–Trinajstić information content (AvgIpc) is 2.93. The van der Waals surface area contributed by atoms with E-state index in [1.54, 1.807) is 24.3 Å². The van der Waals surface area contributed by atoms with Gasteiger partial charge in [-0.25, -0.2) is 18.7 Å². The fraction of sp³-hybridized carbons (Fsp3) is 0.355. The first kappa shape index (κ1) is 28.1. The molecule has 8 heteroatoms. The zero-order valence-electron chi connectivity index (χ0n) is 22.2. The minimum atomic E-state index is -0.833. The summed E-state index contributed by atoms with van der Waals surface area (Å²) >= 11 is 0. The molecule has 1 aliphatic carbocycles. The van der Waals surface area contributed by atoms with Gasteiger partial charge < -0.3 is 10.4 Å². The summed E-state index contributed by atoms with van der Waals surface area (Å²) in [6.07, 6.45) is 6.75. The molecular weight excluding hydrogens is 500 g/mol. The predicted octanol–water partition coefficient (Wildman–Crippen LogP) is 4.70. The number of aromatic nitrogens is 2. The van der Waals surface area contributed by atoms with E-state index in [1.807, 2.05) is 26.0 Å². The predicted molar refractivity (Wildman–Crippen MR) is 146 cm³/mol. The molecule has 2 N–H and O–H groups in total. The number of carbonyl (C=O) groups excluding carboxylic acids is 1. The molecule has 3 atom stereocenters. The minimum Gasteiger partial charge on any atom is -0.481 e. The maximum absolute atomic E-state index is 13.6. The van der Waals surface area contributed by atoms with Crippen LogP contribution >= 0.6 is 0 Å². The number of amides is 1. The van der Waals surface area contributed by atoms with E-state index >= 15 is 0 Å². The van der Waals surface area contributed by atoms with Gasteiger partial charge in [-0.05, 0) is 79.6 Å². The Labute approximate surface area is 226 Å². The number of carbonyl (C=O) groups is 2. The smallest absolute Gasteiger partial charge is 0.303 e. The number of nitrogens with one attached hydrogen (secondary N) is 1. The molecule has 0 saturated heterocycles. The fourth-order valence-corrected chi connectivity index (χ4v) is 4.90. The highest BCUT2D eigenvalue weighted by Gasteiger charge is 2.22. The van der Waals surface area contributed by atoms with Gasteiger partial charge in [0.05, 0.1) is 34.0 Å². The number of fused-ring (bicyclic) bond motifs is 1. The second kappa shape index (κ2) is 12.7. The maximum atomic E-state index is 13.6. The standard InChI is InChI=1S/C31H33F2N3O3/c1-3-19(17-29(37)38)5-15-27-30(21-8-13-24(33)14-9-21)35-26-16-10-22(18-28(26)34-27)31(39)36-25(4-2)20-6-11-23(32)12-7-20/h6-9,11-14,16,18-19,22,25H,3-5,10,15,17H2,1-2H3,(H,36,39)(H,37,38). The Hall–Kier alpha value is -3.94. The molecule has 0 saturated carbocycles. The van der Waals surface area contributed by atoms with E-state index in [2.05, 4.69) is 5.32 Å². The number of hydrogen-bond acceptors (Lipinski definition) is 4. The summed E-state index contributed by atoms with van der Waals surface area (Å²) < 4.78 is 27.0. The first-order chi connectivity index (χ1) is 18.8. The van der Waals surface area contributed by atoms with Crippen molar-refractivity contribution in [1.29, 1.82) is 0 Å². The van der Waals surface area contributed by atoms with E-state index in [4.69, 9.17) is 9.97 Å². The first-order valence-electron chi connectivity index (χ1n) is 13.4. The van der Waals surface area contributed by atoms with Crippen molar-refractivity contribution in [3.8, 4) is 11.3 Å². The Kier molecular flexibility index (Phi) is 9.17. The average molecular weight is 534 g/mol. The lowest BCUT2D eigenvalue weighted by atomic mass is 9.94. The van der Waals surface area contributed by atoms with Crippen LogP contribution in [0.25, 0.3) is 23.4 Å². The Morgan fingerprint density at radius 1 is 0.974 bits per heavy atom. The number of halogens is 2. The molecule has 3 aromatic rings. The van der Waals surface area contributed by atoms with Crippen molar-refractivity contribution < 1.29 is 23.5 Å². The molecule has 204 valence electrons. The Balaban J connectivity index is 1.63. The minimum absolute atomic E-state index is 0.00657. The van der Waals surface area contributed by atoms with Crippen molar-refractivity contribution in [2.24, 2.45) is 11.8 Å². The molecule has 0 bridgehead atoms. The summed E-state index contributed by atoms with van der Waals surface area (Å²) in [7, 11) is 0. The van der Waals surface area contributed by atoms with Gasteiger partial charge in [-0.1, -0.05) is 38.5 Å². The SMILES string of the molecule is CCC(CCc1nc2c(nc1-c1ccc(F)cc1)=CCC(C(=O)NC(CC)c1ccc(F)cc1)C=2)CC(=O)O. The zero-order chi connectivity index (χ0) is 27.9. The van der Waals surface area contributed by atoms with E-state index < -0.39 is 11.9 Å². The molecule has 6 nitrogen and oxygen atoms in total. The Morgan fingerprint density at radius 2 is 1.64 bits per heavy atom. The van der Waals surface area contributed by atoms with Crippen LogP contribution < -0.4 is 16.0 Å². The van der Waals surface area contributed by atoms with E-state index in [-0.39, 0.29) is 35.9 Å². The van der Waals surface area contributed by atoms with Gasteiger partial charge >= 0.3 is 5.97 Å². The lowest BCUT2D eigenvalue weighted by Gasteiger charge is -2.21. The van der Waals surface area contributed by atoms with Gasteiger partial charge in [0, 0.05) is 12.0 Å². The number of benzene rings is 2. The highest BCUT2D eigenvalue weighted by Crippen LogP contribution is 2.24. The van der Waals surface area contributed by atoms with Crippen LogP contribution in [0.5, 0.6) is 0 Å². The Morgan fingerprint density at radius 3 is 2.26 bits per heavy atom. The number of carboxylic acids is 1. The highest BCUT2D eigenvalue weighted by molar-refractivity contribution is 5.85. The molecular formula is C31H33F2N3O3. The van der Waals surface area contributed by atoms with Gasteiger partial charge in [0.25, 0.3) is 0 Å². The second-order valence-electron chi connectivity index (χ2n) is 9.94. The van der Waals surface area contributed by atoms with Crippen LogP contribution in [0.3, 0.4) is 0 Å². The number of carboxylic acid groups (broad SMARTS) is 1. The van der Waals surface area contributed by atoms with Crippen molar-refractivity contribution in [2.45, 2.75) is 58.4 Å². The van der Waals surface area contributed by atoms with Crippen LogP contribution in [0.2, 0.25) is 0 Å². The normalized spacial score (nSPS) is 15.8. The summed E-state index contributed by atoms with van der Waals surface area (Å²) in [6.45, 7) is 3.93. The van der Waals surface area contributed by atoms with Crippen molar-refractivity contribution in [2.75, 3.05) is 0 Å². The second-order valence-corrected chi connectivity index (χ2v) is 9.94. The van der Waals surface area contributed by atoms with Gasteiger partial charge in [0.15, 0.2) is 0 Å². The number of aryl methyl sites for hydroxylation is 1. The molecule has 2 aromatic carbocycles. The molecule has 0 aliphatic heterocycles. The van der Waals surface area contributed by atoms with Crippen LogP contribution in [0.15, 0.2) is 48.5 Å². The Bertz CT molecular complexity index is 1440. The first-order valence-corrected chi connectivity index (χ1v) is 13.4. The lowest BCUT2D eigenvalue weighted by molar-refractivity contribution is -0.138. The molecule has 3 unspecified atom stereocenters. The zero-order valence-corrected chi connectivity index (χ0v) is 22.2. The largest absolute Gasteiger partial charge is 0.481 e. The fourth-order valence-electron chi connectivity index (χ4n) is 4.90. The van der Waals surface area contributed by atoms with Gasteiger partial charge in [0.1, 0.15) is 11.6 Å². The van der Waals surface area contributed by atoms with Crippen molar-refractivity contribution >= 4 is 24.0 Å². The van der Waals surface area contributed by atoms with E-state index in [9.17, 15) is 23.5 Å². The van der Waals surface area contributed by atoms with Crippen LogP contribution in [-0.2, 0) is 16.0 Å². The third-order valence-electron chi connectivity index (χ3n) is 7.23. The van der Waals surface area contributed by atoms with Crippen molar-refractivity contribution in [3.05, 3.63) is 82.1 Å². The number of rotatable bonds is 11.